The van der Waals surface area contributed by atoms with Gasteiger partial charge in [-0.15, -0.1) is 0 Å². The molecule has 4 rings (SSSR count). The normalized spacial score (nSPS) is 22.6. The second-order valence-electron chi connectivity index (χ2n) is 8.43. The smallest absolute Gasteiger partial charge is 0.317 e. The number of ether oxygens (including phenoxy) is 2. The summed E-state index contributed by atoms with van der Waals surface area (Å²) in [5, 5.41) is 3.67. The number of piperidine rings is 1. The highest BCUT2D eigenvalue weighted by molar-refractivity contribution is 7.99. The van der Waals surface area contributed by atoms with Gasteiger partial charge in [-0.25, -0.2) is 14.8 Å². The summed E-state index contributed by atoms with van der Waals surface area (Å²) in [4.78, 5) is 39.6. The summed E-state index contributed by atoms with van der Waals surface area (Å²) in [6.07, 6.45) is 1.39. The summed E-state index contributed by atoms with van der Waals surface area (Å²) in [5.74, 6) is 0.508. The van der Waals surface area contributed by atoms with E-state index in [1.54, 1.807) is 6.07 Å². The van der Waals surface area contributed by atoms with E-state index in [0.29, 0.717) is 81.5 Å². The van der Waals surface area contributed by atoms with E-state index >= 15 is 0 Å². The molecule has 0 aromatic carbocycles. The number of hydrogen-bond donors (Lipinski definition) is 1. The number of carbonyl (C=O) groups excluding carboxylic acids is 2. The molecule has 1 aromatic heterocycles. The van der Waals surface area contributed by atoms with Gasteiger partial charge < -0.3 is 29.5 Å². The minimum atomic E-state index is -0.493. The molecule has 0 aliphatic carbocycles. The highest BCUT2D eigenvalue weighted by Crippen LogP contribution is 2.32. The number of urea groups is 1. The van der Waals surface area contributed by atoms with Gasteiger partial charge in [-0.1, -0.05) is 23.4 Å². The third-order valence-corrected chi connectivity index (χ3v) is 7.24. The first-order chi connectivity index (χ1) is 15.9. The highest BCUT2D eigenvalue weighted by atomic mass is 35.5. The molecule has 3 aliphatic heterocycles. The van der Waals surface area contributed by atoms with E-state index in [1.165, 1.54) is 11.8 Å². The number of carbonyl (C=O) groups is 2. The second-order valence-corrected chi connectivity index (χ2v) is 9.76. The molecule has 182 valence electrons. The Kier molecular flexibility index (Phi) is 7.83. The molecule has 3 amide bonds. The number of aromatic nitrogens is 2. The van der Waals surface area contributed by atoms with E-state index in [9.17, 15) is 9.59 Å². The van der Waals surface area contributed by atoms with E-state index in [4.69, 9.17) is 21.1 Å². The fourth-order valence-corrected chi connectivity index (χ4v) is 5.42. The van der Waals surface area contributed by atoms with Crippen molar-refractivity contribution in [1.29, 1.82) is 0 Å². The molecular formula is C21H31ClN6O4S. The van der Waals surface area contributed by atoms with Crippen molar-refractivity contribution in [3.05, 3.63) is 11.2 Å². The monoisotopic (exact) mass is 498 g/mol. The summed E-state index contributed by atoms with van der Waals surface area (Å²) in [6.45, 7) is 8.91. The highest BCUT2D eigenvalue weighted by Gasteiger charge is 2.40. The van der Waals surface area contributed by atoms with Gasteiger partial charge in [0.25, 0.3) is 0 Å². The molecule has 1 aromatic rings. The van der Waals surface area contributed by atoms with E-state index in [0.717, 1.165) is 0 Å². The number of hydrogen-bond acceptors (Lipinski definition) is 8. The van der Waals surface area contributed by atoms with Gasteiger partial charge in [0.05, 0.1) is 19.0 Å². The van der Waals surface area contributed by atoms with Crippen LogP contribution < -0.4 is 10.2 Å². The Morgan fingerprint density at radius 1 is 1.21 bits per heavy atom. The van der Waals surface area contributed by atoms with Crippen molar-refractivity contribution in [2.45, 2.75) is 43.7 Å². The van der Waals surface area contributed by atoms with Gasteiger partial charge in [-0.05, 0) is 13.8 Å². The van der Waals surface area contributed by atoms with Crippen molar-refractivity contribution in [2.75, 3.05) is 63.1 Å². The number of nitrogens with zero attached hydrogens (tertiary/aromatic N) is 5. The van der Waals surface area contributed by atoms with Crippen LogP contribution in [0.4, 0.5) is 10.6 Å². The molecule has 3 aliphatic rings. The Hall–Kier alpha value is -1.82. The van der Waals surface area contributed by atoms with Crippen molar-refractivity contribution >= 4 is 41.1 Å². The maximum atomic E-state index is 12.7. The van der Waals surface area contributed by atoms with Gasteiger partial charge in [0.15, 0.2) is 10.9 Å². The lowest BCUT2D eigenvalue weighted by molar-refractivity contribution is -0.186. The molecule has 10 nitrogen and oxygen atoms in total. The van der Waals surface area contributed by atoms with E-state index in [2.05, 4.69) is 20.2 Å². The summed E-state index contributed by atoms with van der Waals surface area (Å²) >= 11 is 7.56. The topological polar surface area (TPSA) is 100 Å². The zero-order valence-corrected chi connectivity index (χ0v) is 20.7. The second kappa shape index (κ2) is 10.6. The molecule has 1 spiro atoms. The predicted molar refractivity (Wildman–Crippen MR) is 126 cm³/mol. The number of thioether (sulfide) groups is 1. The van der Waals surface area contributed by atoms with Gasteiger partial charge in [-0.2, -0.15) is 0 Å². The lowest BCUT2D eigenvalue weighted by atomic mass is 10.0. The molecule has 0 bridgehead atoms. The first-order valence-electron chi connectivity index (χ1n) is 11.4. The quantitative estimate of drug-likeness (QED) is 0.373. The lowest BCUT2D eigenvalue weighted by Gasteiger charge is -2.40. The molecular weight excluding hydrogens is 468 g/mol. The molecule has 0 saturated carbocycles. The van der Waals surface area contributed by atoms with Crippen molar-refractivity contribution in [1.82, 2.24) is 25.1 Å². The Morgan fingerprint density at radius 3 is 2.61 bits per heavy atom. The molecule has 1 atom stereocenters. The summed E-state index contributed by atoms with van der Waals surface area (Å²) in [5.41, 5.74) is 0. The van der Waals surface area contributed by atoms with Crippen LogP contribution in [0.2, 0.25) is 5.15 Å². The Labute approximate surface area is 203 Å². The van der Waals surface area contributed by atoms with Crippen LogP contribution >= 0.6 is 23.4 Å². The van der Waals surface area contributed by atoms with Crippen LogP contribution in [-0.2, 0) is 14.3 Å². The van der Waals surface area contributed by atoms with Gasteiger partial charge in [-0.3, -0.25) is 4.79 Å². The van der Waals surface area contributed by atoms with Gasteiger partial charge in [0.2, 0.25) is 5.91 Å². The van der Waals surface area contributed by atoms with Crippen LogP contribution in [0.5, 0.6) is 0 Å². The molecule has 0 radical (unpaired) electrons. The minimum absolute atomic E-state index is 0.0342. The van der Waals surface area contributed by atoms with E-state index in [1.807, 2.05) is 23.6 Å². The fraction of sp³-hybridized carbons (Fsp3) is 0.714. The minimum Gasteiger partial charge on any atom is -0.353 e. The fourth-order valence-electron chi connectivity index (χ4n) is 4.43. The summed E-state index contributed by atoms with van der Waals surface area (Å²) in [7, 11) is 0. The number of nitrogens with one attached hydrogen (secondary N) is 1. The molecule has 3 fully saturated rings. The van der Waals surface area contributed by atoms with Gasteiger partial charge >= 0.3 is 6.03 Å². The largest absolute Gasteiger partial charge is 0.353 e. The van der Waals surface area contributed by atoms with Crippen LogP contribution in [0.25, 0.3) is 0 Å². The Bertz CT molecular complexity index is 861. The zero-order chi connectivity index (χ0) is 23.4. The number of halogens is 1. The Morgan fingerprint density at radius 2 is 1.94 bits per heavy atom. The van der Waals surface area contributed by atoms with E-state index in [-0.39, 0.29) is 23.7 Å². The Balaban J connectivity index is 1.31. The maximum absolute atomic E-state index is 12.7. The van der Waals surface area contributed by atoms with Gasteiger partial charge in [0.1, 0.15) is 11.0 Å². The van der Waals surface area contributed by atoms with E-state index < -0.39 is 5.79 Å². The molecule has 4 heterocycles. The maximum Gasteiger partial charge on any atom is 0.317 e. The van der Waals surface area contributed by atoms with Crippen LogP contribution in [0.15, 0.2) is 11.2 Å². The molecule has 1 N–H and O–H groups in total. The average Bonchev–Trinajstić information content (AvgIpc) is 3.25. The molecule has 0 unspecified atom stereocenters. The number of anilines is 1. The first kappa shape index (κ1) is 24.3. The lowest BCUT2D eigenvalue weighted by Crippen LogP contribution is -2.56. The van der Waals surface area contributed by atoms with Crippen molar-refractivity contribution in [3.63, 3.8) is 0 Å². The van der Waals surface area contributed by atoms with Gasteiger partial charge in [0, 0.05) is 64.2 Å². The number of piperazine rings is 1. The van der Waals surface area contributed by atoms with Crippen LogP contribution in [0.1, 0.15) is 26.7 Å². The predicted octanol–water partition coefficient (Wildman–Crippen LogP) is 1.83. The standard InChI is InChI=1S/C21H31ClN6O4S/c1-3-23-20(30)28-9-8-27(13-15(28)2)17-12-16(22)24-19(25-17)33-14-18(29)26-6-4-21(5-7-26)31-10-11-32-21/h12,15H,3-11,13-14H2,1-2H3,(H,23,30)/t15-/m0/s1. The van der Waals surface area contributed by atoms with Crippen molar-refractivity contribution in [2.24, 2.45) is 0 Å². The van der Waals surface area contributed by atoms with Crippen LogP contribution in [-0.4, -0.2) is 102 Å². The average molecular weight is 499 g/mol. The third-order valence-electron chi connectivity index (χ3n) is 6.22. The number of amides is 3. The number of rotatable bonds is 5. The first-order valence-corrected chi connectivity index (χ1v) is 12.8. The zero-order valence-electron chi connectivity index (χ0n) is 19.1. The SMILES string of the molecule is CCNC(=O)N1CCN(c2cc(Cl)nc(SCC(=O)N3CCC4(CC3)OCCO4)n2)C[C@@H]1C. The van der Waals surface area contributed by atoms with Crippen LogP contribution in [0, 0.1) is 0 Å². The summed E-state index contributed by atoms with van der Waals surface area (Å²) in [6, 6.07) is 1.72. The molecule has 3 saturated heterocycles. The van der Waals surface area contributed by atoms with Crippen molar-refractivity contribution < 1.29 is 19.1 Å². The molecule has 12 heteroatoms. The number of likely N-dealkylation sites (tertiary alicyclic amines) is 1. The van der Waals surface area contributed by atoms with Crippen molar-refractivity contribution in [3.8, 4) is 0 Å². The molecule has 33 heavy (non-hydrogen) atoms. The van der Waals surface area contributed by atoms with Crippen LogP contribution in [0.3, 0.4) is 0 Å². The summed E-state index contributed by atoms with van der Waals surface area (Å²) < 4.78 is 11.5. The third kappa shape index (κ3) is 5.82.